The normalized spacial score (nSPS) is 14.5. The standard InChI is InChI=1S/C26H18Cl3N3O5/c1-14-5-7-17(12-20(14)28)30-23(33)13-37-22-8-6-15(10-21(22)29)9-19-24(34)31-26(36)32(25(19)35)18-4-2-3-16(27)11-18/h2-12H,13H2,1H3,(H,30,33)(H,31,34,36)/b19-9+. The van der Waals surface area contributed by atoms with Crippen molar-refractivity contribution in [2.75, 3.05) is 16.8 Å². The average molecular weight is 559 g/mol. The van der Waals surface area contributed by atoms with Gasteiger partial charge in [-0.1, -0.05) is 53.0 Å². The van der Waals surface area contributed by atoms with E-state index in [4.69, 9.17) is 39.5 Å². The molecular weight excluding hydrogens is 541 g/mol. The molecule has 0 unspecified atom stereocenters. The highest BCUT2D eigenvalue weighted by Gasteiger charge is 2.36. The molecule has 11 heteroatoms. The molecule has 5 amide bonds. The highest BCUT2D eigenvalue weighted by atomic mass is 35.5. The number of hydrogen-bond acceptors (Lipinski definition) is 5. The third-order valence-corrected chi connectivity index (χ3v) is 6.19. The van der Waals surface area contributed by atoms with Gasteiger partial charge in [0.25, 0.3) is 17.7 Å². The van der Waals surface area contributed by atoms with Gasteiger partial charge in [0.2, 0.25) is 0 Å². The minimum absolute atomic E-state index is 0.145. The summed E-state index contributed by atoms with van der Waals surface area (Å²) in [5.74, 6) is -1.87. The van der Waals surface area contributed by atoms with E-state index >= 15 is 0 Å². The Balaban J connectivity index is 1.47. The third kappa shape index (κ3) is 6.11. The number of nitrogens with zero attached hydrogens (tertiary/aromatic N) is 1. The van der Waals surface area contributed by atoms with Gasteiger partial charge in [0.05, 0.1) is 10.7 Å². The van der Waals surface area contributed by atoms with Crippen molar-refractivity contribution in [2.45, 2.75) is 6.92 Å². The maximum Gasteiger partial charge on any atom is 0.335 e. The quantitative estimate of drug-likeness (QED) is 0.301. The third-order valence-electron chi connectivity index (χ3n) is 5.25. The number of benzene rings is 3. The zero-order valence-electron chi connectivity index (χ0n) is 19.2. The van der Waals surface area contributed by atoms with Gasteiger partial charge in [-0.2, -0.15) is 0 Å². The van der Waals surface area contributed by atoms with E-state index in [1.807, 2.05) is 6.92 Å². The Morgan fingerprint density at radius 3 is 2.49 bits per heavy atom. The first kappa shape index (κ1) is 26.2. The summed E-state index contributed by atoms with van der Waals surface area (Å²) in [6.07, 6.45) is 1.30. The Hall–Kier alpha value is -3.85. The molecule has 4 rings (SSSR count). The van der Waals surface area contributed by atoms with Gasteiger partial charge in [-0.25, -0.2) is 9.69 Å². The van der Waals surface area contributed by atoms with E-state index in [0.29, 0.717) is 21.3 Å². The number of carbonyl (C=O) groups excluding carboxylic acids is 4. The lowest BCUT2D eigenvalue weighted by atomic mass is 10.1. The zero-order chi connectivity index (χ0) is 26.7. The van der Waals surface area contributed by atoms with Crippen molar-refractivity contribution in [1.29, 1.82) is 0 Å². The number of amides is 5. The lowest BCUT2D eigenvalue weighted by Crippen LogP contribution is -2.54. The number of hydrogen-bond donors (Lipinski definition) is 2. The monoisotopic (exact) mass is 557 g/mol. The molecular formula is C26H18Cl3N3O5. The van der Waals surface area contributed by atoms with Crippen LogP contribution < -0.4 is 20.3 Å². The van der Waals surface area contributed by atoms with E-state index in [2.05, 4.69) is 10.6 Å². The van der Waals surface area contributed by atoms with Crippen molar-refractivity contribution in [3.05, 3.63) is 92.4 Å². The Labute approximate surface area is 226 Å². The Morgan fingerprint density at radius 1 is 1.00 bits per heavy atom. The summed E-state index contributed by atoms with van der Waals surface area (Å²) in [6, 6.07) is 14.9. The molecule has 0 spiro atoms. The fraction of sp³-hybridized carbons (Fsp3) is 0.0769. The van der Waals surface area contributed by atoms with Gasteiger partial charge in [-0.3, -0.25) is 19.7 Å². The molecule has 188 valence electrons. The van der Waals surface area contributed by atoms with Crippen molar-refractivity contribution in [2.24, 2.45) is 0 Å². The summed E-state index contributed by atoms with van der Waals surface area (Å²) in [5, 5.41) is 5.80. The van der Waals surface area contributed by atoms with E-state index in [1.54, 1.807) is 36.4 Å². The molecule has 3 aromatic carbocycles. The molecule has 1 heterocycles. The van der Waals surface area contributed by atoms with Crippen LogP contribution in [0.5, 0.6) is 5.75 Å². The topological polar surface area (TPSA) is 105 Å². The number of aryl methyl sites for hydroxylation is 1. The average Bonchev–Trinajstić information content (AvgIpc) is 2.83. The summed E-state index contributed by atoms with van der Waals surface area (Å²) in [7, 11) is 0. The van der Waals surface area contributed by atoms with Crippen molar-refractivity contribution in [1.82, 2.24) is 5.32 Å². The highest BCUT2D eigenvalue weighted by Crippen LogP contribution is 2.28. The van der Waals surface area contributed by atoms with Gasteiger partial charge in [0.15, 0.2) is 6.61 Å². The molecule has 0 aromatic heterocycles. The second kappa shape index (κ2) is 11.0. The minimum atomic E-state index is -0.887. The largest absolute Gasteiger partial charge is 0.482 e. The Kier molecular flexibility index (Phi) is 7.83. The van der Waals surface area contributed by atoms with Crippen LogP contribution >= 0.6 is 34.8 Å². The first-order valence-corrected chi connectivity index (χ1v) is 11.9. The van der Waals surface area contributed by atoms with Crippen LogP contribution in [0.15, 0.2) is 66.2 Å². The smallest absolute Gasteiger partial charge is 0.335 e. The number of anilines is 2. The van der Waals surface area contributed by atoms with Crippen LogP contribution in [-0.4, -0.2) is 30.4 Å². The lowest BCUT2D eigenvalue weighted by Gasteiger charge is -2.26. The van der Waals surface area contributed by atoms with Crippen molar-refractivity contribution in [3.63, 3.8) is 0 Å². The van der Waals surface area contributed by atoms with Crippen LogP contribution in [0, 0.1) is 6.92 Å². The molecule has 1 aliphatic rings. The van der Waals surface area contributed by atoms with Gasteiger partial charge in [-0.05, 0) is 66.6 Å². The van der Waals surface area contributed by atoms with Crippen molar-refractivity contribution in [3.8, 4) is 5.75 Å². The summed E-state index contributed by atoms with van der Waals surface area (Å²) in [6.45, 7) is 1.54. The van der Waals surface area contributed by atoms with Gasteiger partial charge in [0, 0.05) is 15.7 Å². The number of imide groups is 2. The number of halogens is 3. The summed E-state index contributed by atoms with van der Waals surface area (Å²) in [5.41, 5.74) is 1.74. The predicted octanol–water partition coefficient (Wildman–Crippen LogP) is 5.64. The molecule has 8 nitrogen and oxygen atoms in total. The van der Waals surface area contributed by atoms with Crippen LogP contribution in [0.2, 0.25) is 15.1 Å². The van der Waals surface area contributed by atoms with E-state index in [9.17, 15) is 19.2 Å². The molecule has 0 radical (unpaired) electrons. The number of urea groups is 1. The maximum atomic E-state index is 13.0. The molecule has 3 aromatic rings. The van der Waals surface area contributed by atoms with Crippen LogP contribution in [0.25, 0.3) is 6.08 Å². The molecule has 1 aliphatic heterocycles. The highest BCUT2D eigenvalue weighted by molar-refractivity contribution is 6.39. The maximum absolute atomic E-state index is 13.0. The Morgan fingerprint density at radius 2 is 1.78 bits per heavy atom. The molecule has 2 N–H and O–H groups in total. The first-order valence-electron chi connectivity index (χ1n) is 10.8. The molecule has 0 aliphatic carbocycles. The lowest BCUT2D eigenvalue weighted by molar-refractivity contribution is -0.122. The second-order valence-corrected chi connectivity index (χ2v) is 9.18. The van der Waals surface area contributed by atoms with Crippen molar-refractivity contribution < 1.29 is 23.9 Å². The predicted molar refractivity (Wildman–Crippen MR) is 142 cm³/mol. The van der Waals surface area contributed by atoms with E-state index in [-0.39, 0.29) is 28.6 Å². The molecule has 37 heavy (non-hydrogen) atoms. The number of carbonyl (C=O) groups is 4. The number of nitrogens with one attached hydrogen (secondary N) is 2. The van der Waals surface area contributed by atoms with Gasteiger partial charge in [0.1, 0.15) is 11.3 Å². The molecule has 0 atom stereocenters. The number of barbiturate groups is 1. The Bertz CT molecular complexity index is 1470. The van der Waals surface area contributed by atoms with Crippen LogP contribution in [0.4, 0.5) is 16.2 Å². The first-order chi connectivity index (χ1) is 17.6. The summed E-state index contributed by atoms with van der Waals surface area (Å²) < 4.78 is 5.50. The number of rotatable bonds is 6. The van der Waals surface area contributed by atoms with E-state index in [0.717, 1.165) is 10.5 Å². The fourth-order valence-electron chi connectivity index (χ4n) is 3.41. The van der Waals surface area contributed by atoms with E-state index in [1.165, 1.54) is 30.3 Å². The molecule has 1 saturated heterocycles. The van der Waals surface area contributed by atoms with Crippen molar-refractivity contribution >= 4 is 76.0 Å². The summed E-state index contributed by atoms with van der Waals surface area (Å²) >= 11 is 18.3. The SMILES string of the molecule is Cc1ccc(NC(=O)COc2ccc(/C=C3\C(=O)NC(=O)N(c4cccc(Cl)c4)C3=O)cc2Cl)cc1Cl. The van der Waals surface area contributed by atoms with Gasteiger partial charge >= 0.3 is 6.03 Å². The molecule has 1 fully saturated rings. The van der Waals surface area contributed by atoms with Gasteiger partial charge < -0.3 is 10.1 Å². The number of ether oxygens (including phenoxy) is 1. The van der Waals surface area contributed by atoms with E-state index < -0.39 is 23.8 Å². The summed E-state index contributed by atoms with van der Waals surface area (Å²) in [4.78, 5) is 50.8. The molecule has 0 saturated carbocycles. The van der Waals surface area contributed by atoms with Gasteiger partial charge in [-0.15, -0.1) is 0 Å². The minimum Gasteiger partial charge on any atom is -0.482 e. The van der Waals surface area contributed by atoms with Crippen LogP contribution in [0.1, 0.15) is 11.1 Å². The zero-order valence-corrected chi connectivity index (χ0v) is 21.4. The van der Waals surface area contributed by atoms with Crippen LogP contribution in [0.3, 0.4) is 0 Å². The second-order valence-electron chi connectivity index (χ2n) is 7.93. The van der Waals surface area contributed by atoms with Crippen LogP contribution in [-0.2, 0) is 14.4 Å². The molecule has 0 bridgehead atoms. The fourth-order valence-corrected chi connectivity index (χ4v) is 4.02.